The molecule has 0 aromatic heterocycles. The van der Waals surface area contributed by atoms with Gasteiger partial charge < -0.3 is 9.47 Å². The van der Waals surface area contributed by atoms with Crippen LogP contribution in [0.25, 0.3) is 0 Å². The molecular weight excluding hydrogens is 394 g/mol. The molecule has 3 aromatic rings. The van der Waals surface area contributed by atoms with Crippen LogP contribution in [0.2, 0.25) is 0 Å². The number of ether oxygens (including phenoxy) is 2. The second-order valence-corrected chi connectivity index (χ2v) is 8.13. The summed E-state index contributed by atoms with van der Waals surface area (Å²) in [7, 11) is 0. The summed E-state index contributed by atoms with van der Waals surface area (Å²) < 4.78 is 38.3. The first-order chi connectivity index (χ1) is 15.0. The molecule has 1 heterocycles. The van der Waals surface area contributed by atoms with E-state index >= 15 is 0 Å². The molecule has 4 heteroatoms. The lowest BCUT2D eigenvalue weighted by molar-refractivity contribution is 0.174. The maximum absolute atomic E-state index is 14.3. The third kappa shape index (κ3) is 4.72. The van der Waals surface area contributed by atoms with Crippen molar-refractivity contribution in [1.29, 1.82) is 0 Å². The van der Waals surface area contributed by atoms with Gasteiger partial charge in [0.2, 0.25) is 6.79 Å². The number of benzene rings is 3. The molecule has 0 radical (unpaired) electrons. The molecule has 4 rings (SSSR count). The van der Waals surface area contributed by atoms with Crippen LogP contribution < -0.4 is 9.47 Å². The highest BCUT2D eigenvalue weighted by atomic mass is 19.1. The summed E-state index contributed by atoms with van der Waals surface area (Å²) in [6.07, 6.45) is 8.77. The van der Waals surface area contributed by atoms with Crippen molar-refractivity contribution in [1.82, 2.24) is 0 Å². The topological polar surface area (TPSA) is 18.5 Å². The Bertz CT molecular complexity index is 1120. The average molecular weight is 418 g/mol. The van der Waals surface area contributed by atoms with Crippen LogP contribution in [-0.2, 0) is 18.3 Å². The fraction of sp³-hybridized carbons (Fsp3) is 0.259. The van der Waals surface area contributed by atoms with Crippen molar-refractivity contribution in [2.75, 3.05) is 6.79 Å². The van der Waals surface area contributed by atoms with E-state index in [2.05, 4.69) is 12.8 Å². The average Bonchev–Trinajstić information content (AvgIpc) is 3.25. The Balaban J connectivity index is 1.42. The molecule has 158 valence electrons. The lowest BCUT2D eigenvalue weighted by Gasteiger charge is -2.24. The molecule has 0 aliphatic carbocycles. The zero-order chi connectivity index (χ0) is 21.8. The summed E-state index contributed by atoms with van der Waals surface area (Å²) >= 11 is 0. The highest BCUT2D eigenvalue weighted by molar-refractivity contribution is 5.48. The van der Waals surface area contributed by atoms with Crippen LogP contribution >= 0.6 is 0 Å². The number of aryl methyl sites for hydroxylation is 1. The molecule has 2 nitrogen and oxygen atoms in total. The maximum Gasteiger partial charge on any atom is 0.231 e. The van der Waals surface area contributed by atoms with E-state index in [-0.39, 0.29) is 18.4 Å². The smallest absolute Gasteiger partial charge is 0.231 e. The molecule has 1 atom stereocenters. The Morgan fingerprint density at radius 2 is 1.68 bits per heavy atom. The Labute approximate surface area is 181 Å². The highest BCUT2D eigenvalue weighted by Crippen LogP contribution is 2.38. The third-order valence-electron chi connectivity index (χ3n) is 5.89. The fourth-order valence-electron chi connectivity index (χ4n) is 3.93. The van der Waals surface area contributed by atoms with Gasteiger partial charge in [-0.05, 0) is 78.8 Å². The summed E-state index contributed by atoms with van der Waals surface area (Å²) in [5.74, 6) is 3.86. The first kappa shape index (κ1) is 20.9. The molecule has 0 N–H and O–H groups in total. The second-order valence-electron chi connectivity index (χ2n) is 8.13. The van der Waals surface area contributed by atoms with Gasteiger partial charge in [-0.25, -0.2) is 8.78 Å². The molecule has 0 bridgehead atoms. The van der Waals surface area contributed by atoms with E-state index in [1.54, 1.807) is 12.1 Å². The van der Waals surface area contributed by atoms with Crippen LogP contribution in [0.5, 0.6) is 11.5 Å². The van der Waals surface area contributed by atoms with Crippen LogP contribution in [0.1, 0.15) is 42.0 Å². The van der Waals surface area contributed by atoms with Crippen LogP contribution in [-0.4, -0.2) is 6.79 Å². The fourth-order valence-corrected chi connectivity index (χ4v) is 3.93. The SMILES string of the molecule is C#CC(C)(CCCc1ccc(F)c(Cc2ccc(F)cc2)c1)c1ccc2c(c1)OCO2. The molecule has 0 saturated heterocycles. The summed E-state index contributed by atoms with van der Waals surface area (Å²) in [6, 6.07) is 17.2. The van der Waals surface area contributed by atoms with Crippen molar-refractivity contribution in [2.24, 2.45) is 0 Å². The summed E-state index contributed by atoms with van der Waals surface area (Å²) in [5.41, 5.74) is 3.14. The Morgan fingerprint density at radius 1 is 0.935 bits per heavy atom. The third-order valence-corrected chi connectivity index (χ3v) is 5.89. The number of terminal acetylenes is 1. The number of hydrogen-bond donors (Lipinski definition) is 0. The quantitative estimate of drug-likeness (QED) is 0.426. The van der Waals surface area contributed by atoms with Crippen molar-refractivity contribution >= 4 is 0 Å². The lowest BCUT2D eigenvalue weighted by Crippen LogP contribution is -2.19. The van der Waals surface area contributed by atoms with Gasteiger partial charge in [0, 0.05) is 6.42 Å². The van der Waals surface area contributed by atoms with E-state index in [1.807, 2.05) is 30.3 Å². The number of hydrogen-bond acceptors (Lipinski definition) is 2. The predicted molar refractivity (Wildman–Crippen MR) is 117 cm³/mol. The molecule has 1 aliphatic rings. The Hall–Kier alpha value is -3.32. The van der Waals surface area contributed by atoms with Crippen molar-refractivity contribution < 1.29 is 18.3 Å². The Morgan fingerprint density at radius 3 is 2.45 bits per heavy atom. The summed E-state index contributed by atoms with van der Waals surface area (Å²) in [5, 5.41) is 0. The standard InChI is InChI=1S/C27H24F2O2/c1-3-27(2,22-9-13-25-26(17-22)31-18-30-25)14-4-5-19-8-12-24(29)21(15-19)16-20-6-10-23(28)11-7-20/h1,6-13,15,17H,4-5,14,16,18H2,2H3. The van der Waals surface area contributed by atoms with Gasteiger partial charge in [-0.15, -0.1) is 6.42 Å². The lowest BCUT2D eigenvalue weighted by atomic mass is 9.78. The zero-order valence-electron chi connectivity index (χ0n) is 17.5. The Kier molecular flexibility index (Phi) is 5.95. The largest absolute Gasteiger partial charge is 0.454 e. The normalized spacial score (nSPS) is 14.1. The van der Waals surface area contributed by atoms with Gasteiger partial charge in [0.1, 0.15) is 11.6 Å². The number of halogens is 2. The van der Waals surface area contributed by atoms with Gasteiger partial charge >= 0.3 is 0 Å². The molecule has 0 saturated carbocycles. The van der Waals surface area contributed by atoms with Gasteiger partial charge in [-0.3, -0.25) is 0 Å². The van der Waals surface area contributed by atoms with Crippen molar-refractivity contribution in [3.8, 4) is 23.8 Å². The van der Waals surface area contributed by atoms with Gasteiger partial charge in [-0.1, -0.05) is 36.3 Å². The van der Waals surface area contributed by atoms with E-state index in [0.29, 0.717) is 12.0 Å². The van der Waals surface area contributed by atoms with Crippen molar-refractivity contribution in [3.63, 3.8) is 0 Å². The number of rotatable bonds is 7. The first-order valence-electron chi connectivity index (χ1n) is 10.4. The molecule has 31 heavy (non-hydrogen) atoms. The molecule has 0 amide bonds. The van der Waals surface area contributed by atoms with Crippen LogP contribution in [0.15, 0.2) is 60.7 Å². The van der Waals surface area contributed by atoms with Crippen LogP contribution in [0.3, 0.4) is 0 Å². The number of fused-ring (bicyclic) bond motifs is 1. The van der Waals surface area contributed by atoms with E-state index < -0.39 is 5.41 Å². The van der Waals surface area contributed by atoms with E-state index in [4.69, 9.17) is 15.9 Å². The van der Waals surface area contributed by atoms with Gasteiger partial charge in [0.15, 0.2) is 11.5 Å². The van der Waals surface area contributed by atoms with Gasteiger partial charge in [0.25, 0.3) is 0 Å². The van der Waals surface area contributed by atoms with Crippen molar-refractivity contribution in [3.05, 3.63) is 94.6 Å². The highest BCUT2D eigenvalue weighted by Gasteiger charge is 2.26. The molecular formula is C27H24F2O2. The minimum Gasteiger partial charge on any atom is -0.454 e. The summed E-state index contributed by atoms with van der Waals surface area (Å²) in [4.78, 5) is 0. The first-order valence-corrected chi connectivity index (χ1v) is 10.4. The maximum atomic E-state index is 14.3. The van der Waals surface area contributed by atoms with E-state index in [9.17, 15) is 8.78 Å². The van der Waals surface area contributed by atoms with Gasteiger partial charge in [0.05, 0.1) is 5.41 Å². The van der Waals surface area contributed by atoms with Crippen LogP contribution in [0.4, 0.5) is 8.78 Å². The zero-order valence-corrected chi connectivity index (χ0v) is 17.5. The van der Waals surface area contributed by atoms with Crippen LogP contribution in [0, 0.1) is 24.0 Å². The van der Waals surface area contributed by atoms with E-state index in [1.165, 1.54) is 18.2 Å². The predicted octanol–water partition coefficient (Wildman–Crippen LogP) is 6.20. The van der Waals surface area contributed by atoms with Gasteiger partial charge in [-0.2, -0.15) is 0 Å². The monoisotopic (exact) mass is 418 g/mol. The summed E-state index contributed by atoms with van der Waals surface area (Å²) in [6.45, 7) is 2.28. The van der Waals surface area contributed by atoms with Crippen molar-refractivity contribution in [2.45, 2.75) is 38.0 Å². The van der Waals surface area contributed by atoms with E-state index in [0.717, 1.165) is 47.5 Å². The minimum absolute atomic E-state index is 0.233. The molecule has 1 aliphatic heterocycles. The molecule has 0 spiro atoms. The molecule has 3 aromatic carbocycles. The molecule has 1 unspecified atom stereocenters. The second kappa shape index (κ2) is 8.81. The minimum atomic E-state index is -0.433. The molecule has 0 fully saturated rings.